The summed E-state index contributed by atoms with van der Waals surface area (Å²) >= 11 is 6.54. The molecular formula is C10H13NOS2. The van der Waals surface area contributed by atoms with Crippen molar-refractivity contribution in [3.8, 4) is 0 Å². The van der Waals surface area contributed by atoms with Crippen LogP contribution in [0.25, 0.3) is 0 Å². The summed E-state index contributed by atoms with van der Waals surface area (Å²) in [5.41, 5.74) is 1.04. The van der Waals surface area contributed by atoms with Crippen molar-refractivity contribution in [1.29, 1.82) is 0 Å². The van der Waals surface area contributed by atoms with Gasteiger partial charge in [0.25, 0.3) is 0 Å². The smallest absolute Gasteiger partial charge is 0.219 e. The van der Waals surface area contributed by atoms with Gasteiger partial charge >= 0.3 is 0 Å². The highest BCUT2D eigenvalue weighted by molar-refractivity contribution is 8.22. The number of thiocarbonyl (C=S) groups is 1. The standard InChI is InChI=1S/C10H13NOS2/c1-2-14-10(13)12-8-6-9-5-3-4-7-11-9/h3-5,7H,2,6,8H2,1H3. The summed E-state index contributed by atoms with van der Waals surface area (Å²) in [6.07, 6.45) is 2.60. The van der Waals surface area contributed by atoms with Gasteiger partial charge in [0, 0.05) is 18.3 Å². The Morgan fingerprint density at radius 1 is 1.57 bits per heavy atom. The topological polar surface area (TPSA) is 22.1 Å². The number of rotatable bonds is 4. The molecule has 1 aromatic rings. The van der Waals surface area contributed by atoms with Gasteiger partial charge in [-0.1, -0.05) is 24.8 Å². The number of thioether (sulfide) groups is 1. The van der Waals surface area contributed by atoms with Crippen molar-refractivity contribution in [3.63, 3.8) is 0 Å². The molecule has 0 spiro atoms. The van der Waals surface area contributed by atoms with Gasteiger partial charge in [0.2, 0.25) is 4.38 Å². The molecule has 0 fully saturated rings. The molecule has 0 saturated heterocycles. The van der Waals surface area contributed by atoms with Crippen molar-refractivity contribution in [3.05, 3.63) is 30.1 Å². The summed E-state index contributed by atoms with van der Waals surface area (Å²) < 4.78 is 5.97. The van der Waals surface area contributed by atoms with Gasteiger partial charge < -0.3 is 4.74 Å². The van der Waals surface area contributed by atoms with Gasteiger partial charge in [-0.2, -0.15) is 0 Å². The van der Waals surface area contributed by atoms with E-state index < -0.39 is 0 Å². The van der Waals surface area contributed by atoms with E-state index in [4.69, 9.17) is 17.0 Å². The summed E-state index contributed by atoms with van der Waals surface area (Å²) in [5, 5.41) is 0. The largest absolute Gasteiger partial charge is 0.478 e. The van der Waals surface area contributed by atoms with Gasteiger partial charge in [0.1, 0.15) is 0 Å². The molecule has 76 valence electrons. The average Bonchev–Trinajstić information content (AvgIpc) is 2.20. The lowest BCUT2D eigenvalue weighted by atomic mass is 10.3. The first-order valence-corrected chi connectivity index (χ1v) is 5.91. The Bertz CT molecular complexity index is 277. The molecule has 0 amide bonds. The first kappa shape index (κ1) is 11.5. The van der Waals surface area contributed by atoms with Crippen LogP contribution in [-0.4, -0.2) is 21.7 Å². The highest BCUT2D eigenvalue weighted by atomic mass is 32.2. The van der Waals surface area contributed by atoms with Crippen LogP contribution in [0.15, 0.2) is 24.4 Å². The number of aromatic nitrogens is 1. The van der Waals surface area contributed by atoms with Crippen LogP contribution in [0.1, 0.15) is 12.6 Å². The first-order chi connectivity index (χ1) is 6.83. The molecule has 2 nitrogen and oxygen atoms in total. The molecule has 14 heavy (non-hydrogen) atoms. The second kappa shape index (κ2) is 6.79. The molecule has 4 heteroatoms. The van der Waals surface area contributed by atoms with E-state index >= 15 is 0 Å². The van der Waals surface area contributed by atoms with Gasteiger partial charge in [0.15, 0.2) is 0 Å². The molecule has 1 heterocycles. The molecule has 0 saturated carbocycles. The maximum atomic E-state index is 5.34. The fourth-order valence-corrected chi connectivity index (χ4v) is 1.78. The van der Waals surface area contributed by atoms with Gasteiger partial charge in [-0.25, -0.2) is 0 Å². The van der Waals surface area contributed by atoms with Gasteiger partial charge in [-0.15, -0.1) is 0 Å². The Kier molecular flexibility index (Phi) is 5.56. The Hall–Kier alpha value is -0.610. The van der Waals surface area contributed by atoms with Crippen molar-refractivity contribution in [2.24, 2.45) is 0 Å². The van der Waals surface area contributed by atoms with E-state index in [0.29, 0.717) is 11.0 Å². The van der Waals surface area contributed by atoms with E-state index in [9.17, 15) is 0 Å². The van der Waals surface area contributed by atoms with Crippen LogP contribution in [0, 0.1) is 0 Å². The number of ether oxygens (including phenoxy) is 1. The minimum absolute atomic E-state index is 0.614. The zero-order valence-corrected chi connectivity index (χ0v) is 9.74. The van der Waals surface area contributed by atoms with Crippen LogP contribution in [0.4, 0.5) is 0 Å². The predicted octanol–water partition coefficient (Wildman–Crippen LogP) is 2.68. The van der Waals surface area contributed by atoms with Crippen molar-refractivity contribution in [2.45, 2.75) is 13.3 Å². The number of pyridine rings is 1. The third kappa shape index (κ3) is 4.58. The first-order valence-electron chi connectivity index (χ1n) is 4.52. The van der Waals surface area contributed by atoms with Gasteiger partial charge in [0.05, 0.1) is 6.61 Å². The van der Waals surface area contributed by atoms with Gasteiger partial charge in [-0.3, -0.25) is 4.98 Å². The van der Waals surface area contributed by atoms with E-state index in [2.05, 4.69) is 11.9 Å². The Morgan fingerprint density at radius 2 is 2.43 bits per heavy atom. The highest BCUT2D eigenvalue weighted by Gasteiger charge is 1.97. The monoisotopic (exact) mass is 227 g/mol. The zero-order chi connectivity index (χ0) is 10.2. The van der Waals surface area contributed by atoms with Gasteiger partial charge in [-0.05, 0) is 30.1 Å². The molecule has 1 rings (SSSR count). The third-order valence-electron chi connectivity index (χ3n) is 1.57. The summed E-state index contributed by atoms with van der Waals surface area (Å²) in [6, 6.07) is 5.86. The lowest BCUT2D eigenvalue weighted by Gasteiger charge is -2.04. The van der Waals surface area contributed by atoms with Crippen molar-refractivity contribution in [1.82, 2.24) is 4.98 Å². The summed E-state index contributed by atoms with van der Waals surface area (Å²) in [7, 11) is 0. The molecule has 0 aliphatic rings. The maximum absolute atomic E-state index is 5.34. The second-order valence-corrected chi connectivity index (χ2v) is 4.47. The van der Waals surface area contributed by atoms with Crippen LogP contribution < -0.4 is 0 Å². The molecule has 0 bridgehead atoms. The highest BCUT2D eigenvalue weighted by Crippen LogP contribution is 2.05. The molecule has 0 N–H and O–H groups in total. The molecule has 0 radical (unpaired) electrons. The summed E-state index contributed by atoms with van der Waals surface area (Å²) in [4.78, 5) is 4.19. The average molecular weight is 227 g/mol. The minimum atomic E-state index is 0.614. The van der Waals surface area contributed by atoms with Crippen molar-refractivity contribution >= 4 is 28.4 Å². The molecule has 1 aromatic heterocycles. The second-order valence-electron chi connectivity index (χ2n) is 2.60. The predicted molar refractivity (Wildman–Crippen MR) is 64.6 cm³/mol. The fraction of sp³-hybridized carbons (Fsp3) is 0.400. The molecule has 0 unspecified atom stereocenters. The van der Waals surface area contributed by atoms with E-state index in [1.54, 1.807) is 18.0 Å². The SMILES string of the molecule is CCSC(=S)OCCc1ccccn1. The quantitative estimate of drug-likeness (QED) is 0.737. The van der Waals surface area contributed by atoms with Crippen LogP contribution in [0.3, 0.4) is 0 Å². The van der Waals surface area contributed by atoms with E-state index in [0.717, 1.165) is 17.9 Å². The number of hydrogen-bond donors (Lipinski definition) is 0. The third-order valence-corrected chi connectivity index (χ3v) is 2.68. The Morgan fingerprint density at radius 3 is 3.07 bits per heavy atom. The minimum Gasteiger partial charge on any atom is -0.478 e. The molecular weight excluding hydrogens is 214 g/mol. The van der Waals surface area contributed by atoms with Crippen molar-refractivity contribution in [2.75, 3.05) is 12.4 Å². The number of nitrogens with zero attached hydrogens (tertiary/aromatic N) is 1. The maximum Gasteiger partial charge on any atom is 0.219 e. The zero-order valence-electron chi connectivity index (χ0n) is 8.10. The fourth-order valence-electron chi connectivity index (χ4n) is 0.944. The lowest BCUT2D eigenvalue weighted by Crippen LogP contribution is -2.03. The van der Waals surface area contributed by atoms with E-state index in [-0.39, 0.29) is 0 Å². The Balaban J connectivity index is 2.19. The normalized spacial score (nSPS) is 9.79. The van der Waals surface area contributed by atoms with Crippen LogP contribution >= 0.6 is 24.0 Å². The van der Waals surface area contributed by atoms with Crippen LogP contribution in [-0.2, 0) is 11.2 Å². The molecule has 0 aromatic carbocycles. The Labute approximate surface area is 94.1 Å². The number of hydrogen-bond acceptors (Lipinski definition) is 4. The molecule has 0 aliphatic carbocycles. The lowest BCUT2D eigenvalue weighted by molar-refractivity contribution is 0.325. The molecule has 0 aliphatic heterocycles. The summed E-state index contributed by atoms with van der Waals surface area (Å²) in [6.45, 7) is 2.67. The summed E-state index contributed by atoms with van der Waals surface area (Å²) in [5.74, 6) is 0.961. The van der Waals surface area contributed by atoms with Crippen LogP contribution in [0.5, 0.6) is 0 Å². The molecule has 0 atom stereocenters. The van der Waals surface area contributed by atoms with E-state index in [1.807, 2.05) is 18.2 Å². The van der Waals surface area contributed by atoms with Crippen molar-refractivity contribution < 1.29 is 4.74 Å². The van der Waals surface area contributed by atoms with Crippen LogP contribution in [0.2, 0.25) is 0 Å². The van der Waals surface area contributed by atoms with E-state index in [1.165, 1.54) is 0 Å².